The Bertz CT molecular complexity index is 1060. The zero-order valence-electron chi connectivity index (χ0n) is 19.8. The molecule has 0 atom stereocenters. The fourth-order valence-electron chi connectivity index (χ4n) is 4.63. The summed E-state index contributed by atoms with van der Waals surface area (Å²) in [6.45, 7) is 8.42. The van der Waals surface area contributed by atoms with Crippen LogP contribution in [0.5, 0.6) is 0 Å². The van der Waals surface area contributed by atoms with Crippen molar-refractivity contribution >= 4 is 17.4 Å². The van der Waals surface area contributed by atoms with Crippen molar-refractivity contribution in [3.63, 3.8) is 0 Å². The molecule has 0 saturated carbocycles. The Morgan fingerprint density at radius 2 is 1.56 bits per heavy atom. The summed E-state index contributed by atoms with van der Waals surface area (Å²) in [5.74, 6) is -0.390. The van der Waals surface area contributed by atoms with E-state index in [0.717, 1.165) is 48.2 Å². The van der Waals surface area contributed by atoms with E-state index in [-0.39, 0.29) is 24.4 Å². The Kier molecular flexibility index (Phi) is 6.20. The van der Waals surface area contributed by atoms with Crippen LogP contribution in [0.2, 0.25) is 0 Å². The van der Waals surface area contributed by atoms with Crippen molar-refractivity contribution in [3.8, 4) is 0 Å². The predicted octanol–water partition coefficient (Wildman–Crippen LogP) is 3.92. The van der Waals surface area contributed by atoms with Crippen molar-refractivity contribution in [2.24, 2.45) is 0 Å². The third-order valence-corrected chi connectivity index (χ3v) is 6.99. The molecule has 168 valence electrons. The molecule has 0 spiro atoms. The molecule has 0 radical (unpaired) electrons. The van der Waals surface area contributed by atoms with Crippen LogP contribution in [0, 0.1) is 20.8 Å². The van der Waals surface area contributed by atoms with Crippen LogP contribution in [0.3, 0.4) is 0 Å². The highest BCUT2D eigenvalue weighted by Crippen LogP contribution is 2.35. The van der Waals surface area contributed by atoms with Gasteiger partial charge < -0.3 is 9.80 Å². The minimum atomic E-state index is -0.200. The largest absolute Gasteiger partial charge is 0.366 e. The normalized spacial score (nSPS) is 18.1. The van der Waals surface area contributed by atoms with Gasteiger partial charge in [-0.3, -0.25) is 14.5 Å². The molecule has 2 heterocycles. The van der Waals surface area contributed by atoms with Gasteiger partial charge in [0.25, 0.3) is 11.8 Å². The van der Waals surface area contributed by atoms with Gasteiger partial charge in [-0.1, -0.05) is 48.0 Å². The number of hydrogen-bond acceptors (Lipinski definition) is 4. The van der Waals surface area contributed by atoms with Crippen molar-refractivity contribution in [1.82, 2.24) is 14.7 Å². The SMILES string of the molecule is Cc1ccc(CN2C(=O)C(c3ccc(C)c(C)c3)=C(N(C)C3CCN(C)CC3)C2=O)cc1. The van der Waals surface area contributed by atoms with E-state index in [9.17, 15) is 9.59 Å². The first-order valence-corrected chi connectivity index (χ1v) is 11.4. The second-order valence-electron chi connectivity index (χ2n) is 9.35. The van der Waals surface area contributed by atoms with E-state index in [2.05, 4.69) is 23.8 Å². The van der Waals surface area contributed by atoms with Gasteiger partial charge in [-0.15, -0.1) is 0 Å². The molecule has 0 unspecified atom stereocenters. The maximum absolute atomic E-state index is 13.7. The molecule has 2 aromatic carbocycles. The molecular weight excluding hydrogens is 398 g/mol. The molecule has 4 rings (SSSR count). The number of carbonyl (C=O) groups excluding carboxylic acids is 2. The summed E-state index contributed by atoms with van der Waals surface area (Å²) in [5, 5.41) is 0. The van der Waals surface area contributed by atoms with Gasteiger partial charge in [0.05, 0.1) is 12.1 Å². The van der Waals surface area contributed by atoms with Gasteiger partial charge in [-0.2, -0.15) is 0 Å². The van der Waals surface area contributed by atoms with Gasteiger partial charge in [-0.25, -0.2) is 0 Å². The lowest BCUT2D eigenvalue weighted by atomic mass is 9.97. The molecule has 0 aliphatic carbocycles. The topological polar surface area (TPSA) is 43.9 Å². The number of hydrogen-bond donors (Lipinski definition) is 0. The lowest BCUT2D eigenvalue weighted by Gasteiger charge is -2.36. The first kappa shape index (κ1) is 22.3. The van der Waals surface area contributed by atoms with Gasteiger partial charge in [-0.05, 0) is 76.0 Å². The zero-order chi connectivity index (χ0) is 23.0. The van der Waals surface area contributed by atoms with Crippen molar-refractivity contribution in [3.05, 3.63) is 76.0 Å². The second kappa shape index (κ2) is 8.91. The average molecular weight is 432 g/mol. The standard InChI is InChI=1S/C27H33N3O2/c1-18-6-9-21(10-7-18)17-30-26(31)24(22-11-8-19(2)20(3)16-22)25(27(30)32)29(5)23-12-14-28(4)15-13-23/h6-11,16,23H,12-15,17H2,1-5H3. The molecule has 1 saturated heterocycles. The van der Waals surface area contributed by atoms with Gasteiger partial charge in [0.15, 0.2) is 0 Å². The van der Waals surface area contributed by atoms with Crippen LogP contribution in [-0.4, -0.2) is 59.7 Å². The number of amides is 2. The predicted molar refractivity (Wildman–Crippen MR) is 128 cm³/mol. The summed E-state index contributed by atoms with van der Waals surface area (Å²) < 4.78 is 0. The molecule has 2 aliphatic rings. The number of likely N-dealkylation sites (tertiary alicyclic amines) is 1. The van der Waals surface area contributed by atoms with Crippen molar-refractivity contribution in [2.75, 3.05) is 27.2 Å². The number of piperidine rings is 1. The quantitative estimate of drug-likeness (QED) is 0.673. The fourth-order valence-corrected chi connectivity index (χ4v) is 4.63. The summed E-state index contributed by atoms with van der Waals surface area (Å²) in [4.78, 5) is 33.1. The van der Waals surface area contributed by atoms with Gasteiger partial charge in [0, 0.05) is 13.1 Å². The number of imide groups is 1. The van der Waals surface area contributed by atoms with Crippen LogP contribution in [0.1, 0.15) is 40.7 Å². The Labute approximate surface area is 191 Å². The van der Waals surface area contributed by atoms with Crippen molar-refractivity contribution in [1.29, 1.82) is 0 Å². The van der Waals surface area contributed by atoms with Crippen LogP contribution in [0.25, 0.3) is 5.57 Å². The molecule has 5 heteroatoms. The highest BCUT2D eigenvalue weighted by Gasteiger charge is 2.42. The van der Waals surface area contributed by atoms with E-state index >= 15 is 0 Å². The minimum Gasteiger partial charge on any atom is -0.366 e. The van der Waals surface area contributed by atoms with E-state index in [1.54, 1.807) is 0 Å². The summed E-state index contributed by atoms with van der Waals surface area (Å²) in [5.41, 5.74) is 6.31. The molecule has 0 N–H and O–H groups in total. The summed E-state index contributed by atoms with van der Waals surface area (Å²) in [7, 11) is 4.11. The number of benzene rings is 2. The number of aryl methyl sites for hydroxylation is 3. The van der Waals surface area contributed by atoms with Crippen LogP contribution >= 0.6 is 0 Å². The van der Waals surface area contributed by atoms with E-state index in [0.29, 0.717) is 11.3 Å². The summed E-state index contributed by atoms with van der Waals surface area (Å²) in [6, 6.07) is 14.3. The molecule has 0 aromatic heterocycles. The Balaban J connectivity index is 1.73. The third kappa shape index (κ3) is 4.22. The Hall–Kier alpha value is -2.92. The number of nitrogens with zero attached hydrogens (tertiary/aromatic N) is 3. The maximum atomic E-state index is 13.7. The van der Waals surface area contributed by atoms with Crippen LogP contribution in [0.4, 0.5) is 0 Å². The maximum Gasteiger partial charge on any atom is 0.278 e. The third-order valence-electron chi connectivity index (χ3n) is 6.99. The molecule has 2 aromatic rings. The van der Waals surface area contributed by atoms with Gasteiger partial charge in [0.1, 0.15) is 5.70 Å². The van der Waals surface area contributed by atoms with Crippen LogP contribution in [-0.2, 0) is 16.1 Å². The minimum absolute atomic E-state index is 0.190. The van der Waals surface area contributed by atoms with Crippen molar-refractivity contribution < 1.29 is 9.59 Å². The number of rotatable bonds is 5. The lowest BCUT2D eigenvalue weighted by Crippen LogP contribution is -2.43. The Morgan fingerprint density at radius 1 is 0.906 bits per heavy atom. The molecule has 2 amide bonds. The van der Waals surface area contributed by atoms with Crippen LogP contribution < -0.4 is 0 Å². The first-order chi connectivity index (χ1) is 15.3. The smallest absolute Gasteiger partial charge is 0.278 e. The zero-order valence-corrected chi connectivity index (χ0v) is 19.8. The number of likely N-dealkylation sites (N-methyl/N-ethyl adjacent to an activating group) is 1. The fraction of sp³-hybridized carbons (Fsp3) is 0.407. The second-order valence-corrected chi connectivity index (χ2v) is 9.35. The van der Waals surface area contributed by atoms with E-state index in [1.807, 2.05) is 63.4 Å². The first-order valence-electron chi connectivity index (χ1n) is 11.4. The summed E-state index contributed by atoms with van der Waals surface area (Å²) >= 11 is 0. The number of carbonyl (C=O) groups is 2. The average Bonchev–Trinajstić information content (AvgIpc) is 3.02. The highest BCUT2D eigenvalue weighted by molar-refractivity contribution is 6.35. The molecule has 5 nitrogen and oxygen atoms in total. The molecule has 32 heavy (non-hydrogen) atoms. The molecular formula is C27H33N3O2. The van der Waals surface area contributed by atoms with Gasteiger partial charge >= 0.3 is 0 Å². The monoisotopic (exact) mass is 431 g/mol. The van der Waals surface area contributed by atoms with Gasteiger partial charge in [0.2, 0.25) is 0 Å². The molecule has 2 aliphatic heterocycles. The summed E-state index contributed by atoms with van der Waals surface area (Å²) in [6.07, 6.45) is 1.96. The van der Waals surface area contributed by atoms with Crippen molar-refractivity contribution in [2.45, 2.75) is 46.2 Å². The lowest BCUT2D eigenvalue weighted by molar-refractivity contribution is -0.138. The highest BCUT2D eigenvalue weighted by atomic mass is 16.2. The molecule has 1 fully saturated rings. The Morgan fingerprint density at radius 3 is 2.19 bits per heavy atom. The molecule has 0 bridgehead atoms. The van der Waals surface area contributed by atoms with E-state index in [4.69, 9.17) is 0 Å². The van der Waals surface area contributed by atoms with E-state index in [1.165, 1.54) is 10.5 Å². The van der Waals surface area contributed by atoms with Crippen LogP contribution in [0.15, 0.2) is 48.2 Å². The van der Waals surface area contributed by atoms with E-state index < -0.39 is 0 Å².